The predicted octanol–water partition coefficient (Wildman–Crippen LogP) is 2.71. The van der Waals surface area contributed by atoms with Crippen LogP contribution in [0.5, 0.6) is 0 Å². The molecule has 0 radical (unpaired) electrons. The molecule has 0 bridgehead atoms. The third-order valence-corrected chi connectivity index (χ3v) is 7.12. The van der Waals surface area contributed by atoms with Crippen molar-refractivity contribution in [1.82, 2.24) is 20.1 Å². The maximum absolute atomic E-state index is 13.0. The lowest BCUT2D eigenvalue weighted by Crippen LogP contribution is -2.38. The number of benzene rings is 1. The molecule has 1 heterocycles. The fourth-order valence-corrected chi connectivity index (χ4v) is 4.59. The van der Waals surface area contributed by atoms with Crippen molar-refractivity contribution in [2.24, 2.45) is 5.92 Å². The topological polar surface area (TPSA) is 94.0 Å². The average Bonchev–Trinajstić information content (AvgIpc) is 3.05. The minimum absolute atomic E-state index is 0.0760. The highest BCUT2D eigenvalue weighted by Gasteiger charge is 2.29. The van der Waals surface area contributed by atoms with E-state index in [1.807, 2.05) is 6.26 Å². The minimum atomic E-state index is -3.87. The maximum atomic E-state index is 13.0. The van der Waals surface area contributed by atoms with Crippen molar-refractivity contribution in [3.63, 3.8) is 0 Å². The maximum Gasteiger partial charge on any atom is 0.238 e. The monoisotopic (exact) mass is 442 g/mol. The molecule has 0 spiro atoms. The number of amides is 1. The van der Waals surface area contributed by atoms with Gasteiger partial charge in [-0.25, -0.2) is 12.8 Å². The van der Waals surface area contributed by atoms with Gasteiger partial charge in [0.2, 0.25) is 5.91 Å². The third kappa shape index (κ3) is 6.02. The molecular formula is C19H27FN4O3S2. The van der Waals surface area contributed by atoms with Gasteiger partial charge in [-0.15, -0.1) is 10.2 Å². The SMILES string of the molecule is CSc1nnc(CCCNC(=O)C(C)S(=O)(=O)c2ccc(F)cc2)n1CC(C)C. The van der Waals surface area contributed by atoms with Crippen molar-refractivity contribution in [3.8, 4) is 0 Å². The number of aryl methyl sites for hydroxylation is 1. The van der Waals surface area contributed by atoms with E-state index >= 15 is 0 Å². The molecule has 2 aromatic rings. The molecule has 1 unspecified atom stereocenters. The van der Waals surface area contributed by atoms with E-state index in [0.717, 1.165) is 29.7 Å². The Bertz CT molecular complexity index is 927. The Kier molecular flexibility index (Phi) is 8.21. The number of aromatic nitrogens is 3. The van der Waals surface area contributed by atoms with E-state index in [2.05, 4.69) is 33.9 Å². The van der Waals surface area contributed by atoms with Crippen molar-refractivity contribution in [3.05, 3.63) is 35.9 Å². The number of nitrogens with one attached hydrogen (secondary N) is 1. The van der Waals surface area contributed by atoms with Gasteiger partial charge in [0.1, 0.15) is 16.9 Å². The molecule has 0 aliphatic carbocycles. The van der Waals surface area contributed by atoms with Gasteiger partial charge in [0.25, 0.3) is 0 Å². The molecular weight excluding hydrogens is 415 g/mol. The highest BCUT2D eigenvalue weighted by atomic mass is 32.2. The van der Waals surface area contributed by atoms with Gasteiger partial charge in [-0.1, -0.05) is 25.6 Å². The summed E-state index contributed by atoms with van der Waals surface area (Å²) >= 11 is 1.54. The second-order valence-electron chi connectivity index (χ2n) is 7.14. The smallest absolute Gasteiger partial charge is 0.238 e. The van der Waals surface area contributed by atoms with E-state index in [1.54, 1.807) is 0 Å². The lowest BCUT2D eigenvalue weighted by Gasteiger charge is -2.14. The summed E-state index contributed by atoms with van der Waals surface area (Å²) in [7, 11) is -3.87. The fraction of sp³-hybridized carbons (Fsp3) is 0.526. The molecule has 10 heteroatoms. The summed E-state index contributed by atoms with van der Waals surface area (Å²) in [6, 6.07) is 4.46. The Morgan fingerprint density at radius 2 is 1.86 bits per heavy atom. The zero-order valence-electron chi connectivity index (χ0n) is 17.1. The minimum Gasteiger partial charge on any atom is -0.355 e. The third-order valence-electron chi connectivity index (χ3n) is 4.38. The number of rotatable bonds is 10. The van der Waals surface area contributed by atoms with Crippen LogP contribution in [0.1, 0.15) is 33.0 Å². The zero-order valence-corrected chi connectivity index (χ0v) is 18.7. The quantitative estimate of drug-likeness (QED) is 0.345. The number of carbonyl (C=O) groups is 1. The van der Waals surface area contributed by atoms with Crippen LogP contribution in [-0.2, 0) is 27.6 Å². The Hall–Kier alpha value is -1.94. The summed E-state index contributed by atoms with van der Waals surface area (Å²) < 4.78 is 40.1. The van der Waals surface area contributed by atoms with Crippen molar-refractivity contribution in [1.29, 1.82) is 0 Å². The molecule has 1 aromatic heterocycles. The highest BCUT2D eigenvalue weighted by molar-refractivity contribution is 7.98. The van der Waals surface area contributed by atoms with Crippen LogP contribution in [0, 0.1) is 11.7 Å². The molecule has 0 fully saturated rings. The van der Waals surface area contributed by atoms with Gasteiger partial charge >= 0.3 is 0 Å². The van der Waals surface area contributed by atoms with Crippen LogP contribution >= 0.6 is 11.8 Å². The van der Waals surface area contributed by atoms with E-state index < -0.39 is 26.8 Å². The second kappa shape index (κ2) is 10.2. The van der Waals surface area contributed by atoms with E-state index in [0.29, 0.717) is 25.3 Å². The standard InChI is InChI=1S/C19H27FN4O3S2/c1-13(2)12-24-17(22-23-19(24)28-4)6-5-11-21-18(25)14(3)29(26,27)16-9-7-15(20)8-10-16/h7-10,13-14H,5-6,11-12H2,1-4H3,(H,21,25). The van der Waals surface area contributed by atoms with Gasteiger partial charge < -0.3 is 9.88 Å². The first-order valence-electron chi connectivity index (χ1n) is 9.40. The van der Waals surface area contributed by atoms with Gasteiger partial charge in [0, 0.05) is 19.5 Å². The van der Waals surface area contributed by atoms with Crippen LogP contribution in [0.25, 0.3) is 0 Å². The van der Waals surface area contributed by atoms with Crippen LogP contribution in [0.2, 0.25) is 0 Å². The Labute approximate surface area is 175 Å². The Morgan fingerprint density at radius 1 is 1.21 bits per heavy atom. The largest absolute Gasteiger partial charge is 0.355 e. The molecule has 2 rings (SSSR count). The first-order chi connectivity index (χ1) is 13.7. The summed E-state index contributed by atoms with van der Waals surface area (Å²) in [6.45, 7) is 6.72. The van der Waals surface area contributed by atoms with E-state index in [1.165, 1.54) is 30.8 Å². The van der Waals surface area contributed by atoms with Crippen LogP contribution in [-0.4, -0.2) is 47.1 Å². The first kappa shape index (κ1) is 23.3. The van der Waals surface area contributed by atoms with Gasteiger partial charge in [-0.2, -0.15) is 0 Å². The summed E-state index contributed by atoms with van der Waals surface area (Å²) in [5, 5.41) is 10.7. The average molecular weight is 443 g/mol. The lowest BCUT2D eigenvalue weighted by molar-refractivity contribution is -0.120. The number of carbonyl (C=O) groups excluding carboxylic acids is 1. The van der Waals surface area contributed by atoms with Gasteiger partial charge in [0.15, 0.2) is 15.0 Å². The van der Waals surface area contributed by atoms with Crippen molar-refractivity contribution in [2.45, 2.75) is 55.5 Å². The zero-order chi connectivity index (χ0) is 21.6. The summed E-state index contributed by atoms with van der Waals surface area (Å²) in [6.07, 6.45) is 3.19. The molecule has 160 valence electrons. The lowest BCUT2D eigenvalue weighted by atomic mass is 10.2. The van der Waals surface area contributed by atoms with Crippen molar-refractivity contribution >= 4 is 27.5 Å². The summed E-state index contributed by atoms with van der Waals surface area (Å²) in [4.78, 5) is 12.2. The molecule has 1 amide bonds. The number of nitrogens with zero attached hydrogens (tertiary/aromatic N) is 3. The predicted molar refractivity (Wildman–Crippen MR) is 111 cm³/mol. The summed E-state index contributed by atoms with van der Waals surface area (Å²) in [5.74, 6) is 0.191. The van der Waals surface area contributed by atoms with E-state index in [9.17, 15) is 17.6 Å². The second-order valence-corrected chi connectivity index (χ2v) is 10.2. The number of hydrogen-bond donors (Lipinski definition) is 1. The Balaban J connectivity index is 1.91. The summed E-state index contributed by atoms with van der Waals surface area (Å²) in [5.41, 5.74) is 0. The number of halogens is 1. The molecule has 7 nitrogen and oxygen atoms in total. The normalized spacial score (nSPS) is 12.9. The van der Waals surface area contributed by atoms with E-state index in [-0.39, 0.29) is 4.90 Å². The van der Waals surface area contributed by atoms with Gasteiger partial charge in [-0.3, -0.25) is 4.79 Å². The molecule has 1 N–H and O–H groups in total. The molecule has 0 saturated heterocycles. The number of sulfone groups is 1. The van der Waals surface area contributed by atoms with Crippen LogP contribution < -0.4 is 5.32 Å². The highest BCUT2D eigenvalue weighted by Crippen LogP contribution is 2.18. The number of hydrogen-bond acceptors (Lipinski definition) is 6. The van der Waals surface area contributed by atoms with Crippen LogP contribution in [0.4, 0.5) is 4.39 Å². The van der Waals surface area contributed by atoms with E-state index in [4.69, 9.17) is 0 Å². The molecule has 0 aliphatic heterocycles. The molecule has 0 saturated carbocycles. The number of thioether (sulfide) groups is 1. The van der Waals surface area contributed by atoms with Crippen molar-refractivity contribution < 1.29 is 17.6 Å². The van der Waals surface area contributed by atoms with Crippen molar-refractivity contribution in [2.75, 3.05) is 12.8 Å². The van der Waals surface area contributed by atoms with Crippen LogP contribution in [0.15, 0.2) is 34.3 Å². The first-order valence-corrected chi connectivity index (χ1v) is 12.2. The molecule has 1 aromatic carbocycles. The fourth-order valence-electron chi connectivity index (χ4n) is 2.77. The van der Waals surface area contributed by atoms with Gasteiger partial charge in [0.05, 0.1) is 4.90 Å². The van der Waals surface area contributed by atoms with Gasteiger partial charge in [-0.05, 0) is 49.8 Å². The molecule has 29 heavy (non-hydrogen) atoms. The van der Waals surface area contributed by atoms with Crippen LogP contribution in [0.3, 0.4) is 0 Å². The molecule has 1 atom stereocenters. The Morgan fingerprint density at radius 3 is 2.45 bits per heavy atom. The molecule has 0 aliphatic rings.